The Kier molecular flexibility index (Phi) is 8.84. The van der Waals surface area contributed by atoms with Gasteiger partial charge in [-0.25, -0.2) is 0 Å². The predicted molar refractivity (Wildman–Crippen MR) is 285 cm³/mol. The molecule has 2 aromatic heterocycles. The maximum atomic E-state index is 2.49. The average Bonchev–Trinajstić information content (AvgIpc) is 3.91. The Morgan fingerprint density at radius 2 is 0.758 bits per heavy atom. The topological polar surface area (TPSA) is 11.4 Å². The number of thiophene rings is 1. The van der Waals surface area contributed by atoms with Crippen LogP contribution in [0.25, 0.3) is 80.0 Å². The molecule has 0 amide bonds. The number of hydrogen-bond acceptors (Lipinski definition) is 3. The van der Waals surface area contributed by atoms with Crippen molar-refractivity contribution in [3.63, 3.8) is 0 Å². The molecule has 11 aromatic carbocycles. The maximum absolute atomic E-state index is 2.49. The standard InChI is InChI=1S/C62H43N3S/c1-40-16-22-47(23-17-40)63(49-26-20-42-10-6-8-12-44(42)36-49)51-28-30-53-55-32-35-58-56(61(55)65(59(53)38-51)46-14-4-3-5-15-46)33-34-57-54-31-29-52(39-60(54)66-62(57)58)64(48-24-18-41(2)19-25-48)50-27-21-43-11-7-9-13-45(43)37-50/h3-39H,1-2H3. The van der Waals surface area contributed by atoms with Crippen LogP contribution in [-0.4, -0.2) is 4.57 Å². The number of anilines is 6. The van der Waals surface area contributed by atoms with Crippen molar-refractivity contribution in [2.75, 3.05) is 9.80 Å². The van der Waals surface area contributed by atoms with Crippen LogP contribution >= 0.6 is 11.3 Å². The van der Waals surface area contributed by atoms with Crippen molar-refractivity contribution < 1.29 is 0 Å². The molecule has 13 aromatic rings. The molecular formula is C62H43N3S. The van der Waals surface area contributed by atoms with Crippen molar-refractivity contribution >= 4 is 120 Å². The number of aromatic nitrogens is 1. The highest BCUT2D eigenvalue weighted by Gasteiger charge is 2.22. The Hall–Kier alpha value is -8.18. The summed E-state index contributed by atoms with van der Waals surface area (Å²) in [4.78, 5) is 4.79. The van der Waals surface area contributed by atoms with Crippen molar-refractivity contribution in [1.29, 1.82) is 0 Å². The molecule has 312 valence electrons. The van der Waals surface area contributed by atoms with Crippen LogP contribution in [0.1, 0.15) is 11.1 Å². The second-order valence-electron chi connectivity index (χ2n) is 17.6. The van der Waals surface area contributed by atoms with Gasteiger partial charge in [-0.05, 0) is 120 Å². The van der Waals surface area contributed by atoms with Gasteiger partial charge in [-0.15, -0.1) is 11.3 Å². The monoisotopic (exact) mass is 861 g/mol. The summed E-state index contributed by atoms with van der Waals surface area (Å²) in [6.45, 7) is 4.30. The van der Waals surface area contributed by atoms with Gasteiger partial charge < -0.3 is 14.4 Å². The molecule has 0 N–H and O–H groups in total. The van der Waals surface area contributed by atoms with E-state index in [1.165, 1.54) is 85.4 Å². The molecule has 3 nitrogen and oxygen atoms in total. The second kappa shape index (κ2) is 15.2. The van der Waals surface area contributed by atoms with Crippen LogP contribution in [0.4, 0.5) is 34.1 Å². The van der Waals surface area contributed by atoms with Gasteiger partial charge in [0.1, 0.15) is 0 Å². The first kappa shape index (κ1) is 38.3. The van der Waals surface area contributed by atoms with E-state index in [2.05, 4.69) is 253 Å². The van der Waals surface area contributed by atoms with E-state index in [-0.39, 0.29) is 0 Å². The average molecular weight is 862 g/mol. The van der Waals surface area contributed by atoms with Crippen LogP contribution in [0.5, 0.6) is 0 Å². The van der Waals surface area contributed by atoms with Gasteiger partial charge in [0, 0.05) is 81.5 Å². The molecule has 0 saturated heterocycles. The van der Waals surface area contributed by atoms with E-state index in [0.717, 1.165) is 39.8 Å². The first-order valence-corrected chi connectivity index (χ1v) is 23.5. The molecule has 0 atom stereocenters. The number of para-hydroxylation sites is 1. The van der Waals surface area contributed by atoms with Gasteiger partial charge in [0.2, 0.25) is 0 Å². The van der Waals surface area contributed by atoms with Crippen LogP contribution < -0.4 is 9.80 Å². The third-order valence-electron chi connectivity index (χ3n) is 13.4. The minimum atomic E-state index is 1.11. The van der Waals surface area contributed by atoms with E-state index in [9.17, 15) is 0 Å². The number of hydrogen-bond donors (Lipinski definition) is 0. The molecule has 13 rings (SSSR count). The summed E-state index contributed by atoms with van der Waals surface area (Å²) in [7, 11) is 0. The van der Waals surface area contributed by atoms with Crippen molar-refractivity contribution in [2.24, 2.45) is 0 Å². The first-order valence-electron chi connectivity index (χ1n) is 22.7. The van der Waals surface area contributed by atoms with E-state index in [4.69, 9.17) is 0 Å². The summed E-state index contributed by atoms with van der Waals surface area (Å²) in [5.41, 5.74) is 12.8. The fraction of sp³-hybridized carbons (Fsp3) is 0.0323. The Bertz CT molecular complexity index is 4010. The lowest BCUT2D eigenvalue weighted by molar-refractivity contribution is 1.18. The summed E-state index contributed by atoms with van der Waals surface area (Å²) in [6, 6.07) is 82.9. The largest absolute Gasteiger partial charge is 0.310 e. The highest BCUT2D eigenvalue weighted by molar-refractivity contribution is 7.26. The Balaban J connectivity index is 1.01. The smallest absolute Gasteiger partial charge is 0.0619 e. The normalized spacial score (nSPS) is 11.8. The second-order valence-corrected chi connectivity index (χ2v) is 18.6. The first-order chi connectivity index (χ1) is 32.5. The molecule has 2 heterocycles. The van der Waals surface area contributed by atoms with Gasteiger partial charge in [-0.2, -0.15) is 0 Å². The molecular weight excluding hydrogens is 819 g/mol. The number of aryl methyl sites for hydroxylation is 2. The van der Waals surface area contributed by atoms with E-state index in [0.29, 0.717) is 0 Å². The Morgan fingerprint density at radius 3 is 1.35 bits per heavy atom. The van der Waals surface area contributed by atoms with Crippen LogP contribution in [0.15, 0.2) is 224 Å². The van der Waals surface area contributed by atoms with Crippen LogP contribution in [0.3, 0.4) is 0 Å². The third-order valence-corrected chi connectivity index (χ3v) is 14.6. The number of nitrogens with zero attached hydrogens (tertiary/aromatic N) is 3. The molecule has 4 heteroatoms. The molecule has 0 aliphatic rings. The fourth-order valence-corrected chi connectivity index (χ4v) is 11.4. The highest BCUT2D eigenvalue weighted by atomic mass is 32.1. The third kappa shape index (κ3) is 6.25. The minimum absolute atomic E-state index is 1.11. The van der Waals surface area contributed by atoms with Gasteiger partial charge >= 0.3 is 0 Å². The fourth-order valence-electron chi connectivity index (χ4n) is 10.2. The van der Waals surface area contributed by atoms with Crippen molar-refractivity contribution in [3.05, 3.63) is 236 Å². The SMILES string of the molecule is Cc1ccc(N(c2ccc3ccccc3c2)c2ccc3c(c2)sc2c3ccc3c2ccc2c4ccc(N(c5ccc(C)cc5)c5ccc6ccccc6c5)cc4n(-c4ccccc4)c32)cc1. The van der Waals surface area contributed by atoms with Gasteiger partial charge in [0.25, 0.3) is 0 Å². The van der Waals surface area contributed by atoms with Crippen molar-refractivity contribution in [3.8, 4) is 5.69 Å². The molecule has 0 aliphatic heterocycles. The number of benzene rings is 11. The molecule has 0 saturated carbocycles. The van der Waals surface area contributed by atoms with Gasteiger partial charge in [0.15, 0.2) is 0 Å². The van der Waals surface area contributed by atoms with E-state index in [1.807, 2.05) is 11.3 Å². The molecule has 0 fully saturated rings. The van der Waals surface area contributed by atoms with E-state index < -0.39 is 0 Å². The van der Waals surface area contributed by atoms with Crippen LogP contribution in [0.2, 0.25) is 0 Å². The molecule has 0 spiro atoms. The Morgan fingerprint density at radius 1 is 0.333 bits per heavy atom. The number of rotatable bonds is 7. The van der Waals surface area contributed by atoms with E-state index >= 15 is 0 Å². The lowest BCUT2D eigenvalue weighted by Gasteiger charge is -2.26. The molecule has 0 radical (unpaired) electrons. The zero-order chi connectivity index (χ0) is 43.9. The molecule has 0 aliphatic carbocycles. The highest BCUT2D eigenvalue weighted by Crippen LogP contribution is 2.47. The zero-order valence-electron chi connectivity index (χ0n) is 36.6. The molecule has 66 heavy (non-hydrogen) atoms. The zero-order valence-corrected chi connectivity index (χ0v) is 37.4. The number of fused-ring (bicyclic) bond motifs is 11. The quantitative estimate of drug-likeness (QED) is 0.158. The molecule has 0 bridgehead atoms. The van der Waals surface area contributed by atoms with Gasteiger partial charge in [0.05, 0.1) is 11.0 Å². The van der Waals surface area contributed by atoms with Crippen molar-refractivity contribution in [1.82, 2.24) is 4.57 Å². The summed E-state index contributed by atoms with van der Waals surface area (Å²) in [5.74, 6) is 0. The summed E-state index contributed by atoms with van der Waals surface area (Å²) in [6.07, 6.45) is 0. The van der Waals surface area contributed by atoms with E-state index in [1.54, 1.807) is 0 Å². The minimum Gasteiger partial charge on any atom is -0.310 e. The van der Waals surface area contributed by atoms with Crippen molar-refractivity contribution in [2.45, 2.75) is 13.8 Å². The van der Waals surface area contributed by atoms with Crippen LogP contribution in [-0.2, 0) is 0 Å². The maximum Gasteiger partial charge on any atom is 0.0619 e. The predicted octanol–water partition coefficient (Wildman–Crippen LogP) is 18.2. The summed E-state index contributed by atoms with van der Waals surface area (Å²) >= 11 is 1.90. The van der Waals surface area contributed by atoms with Gasteiger partial charge in [-0.3, -0.25) is 0 Å². The van der Waals surface area contributed by atoms with Gasteiger partial charge in [-0.1, -0.05) is 151 Å². The lowest BCUT2D eigenvalue weighted by atomic mass is 10.0. The summed E-state index contributed by atoms with van der Waals surface area (Å²) in [5, 5.41) is 12.5. The lowest BCUT2D eigenvalue weighted by Crippen LogP contribution is -2.10. The molecule has 0 unspecified atom stereocenters. The summed E-state index contributed by atoms with van der Waals surface area (Å²) < 4.78 is 5.07. The van der Waals surface area contributed by atoms with Crippen LogP contribution in [0, 0.1) is 13.8 Å². The Labute approximate surface area is 387 Å².